The first-order valence-corrected chi connectivity index (χ1v) is 8.15. The van der Waals surface area contributed by atoms with Gasteiger partial charge in [0.25, 0.3) is 0 Å². The minimum atomic E-state index is 0.211. The molecule has 0 atom stereocenters. The molecule has 0 aromatic carbocycles. The zero-order valence-electron chi connectivity index (χ0n) is 12.9. The van der Waals surface area contributed by atoms with Crippen molar-refractivity contribution in [3.05, 3.63) is 30.1 Å². The minimum Gasteiger partial charge on any atom is -0.329 e. The second kappa shape index (κ2) is 7.75. The fourth-order valence-corrected chi connectivity index (χ4v) is 3.50. The summed E-state index contributed by atoms with van der Waals surface area (Å²) < 4.78 is 0. The van der Waals surface area contributed by atoms with E-state index in [0.29, 0.717) is 0 Å². The molecule has 1 saturated carbocycles. The van der Waals surface area contributed by atoms with Gasteiger partial charge in [0.05, 0.1) is 0 Å². The summed E-state index contributed by atoms with van der Waals surface area (Å²) in [5.74, 6) is 0. The Morgan fingerprint density at radius 1 is 1.25 bits per heavy atom. The van der Waals surface area contributed by atoms with Crippen LogP contribution in [0.3, 0.4) is 0 Å². The van der Waals surface area contributed by atoms with Crippen molar-refractivity contribution in [2.45, 2.75) is 64.0 Å². The van der Waals surface area contributed by atoms with Gasteiger partial charge in [-0.25, -0.2) is 0 Å². The summed E-state index contributed by atoms with van der Waals surface area (Å²) in [6, 6.07) is 4.21. The average Bonchev–Trinajstić information content (AvgIpc) is 2.74. The molecule has 0 spiro atoms. The average molecular weight is 275 g/mol. The van der Waals surface area contributed by atoms with Crippen LogP contribution >= 0.6 is 0 Å². The zero-order valence-corrected chi connectivity index (χ0v) is 12.9. The molecule has 1 aliphatic carbocycles. The summed E-state index contributed by atoms with van der Waals surface area (Å²) in [5, 5.41) is 0. The molecule has 112 valence electrons. The van der Waals surface area contributed by atoms with Crippen molar-refractivity contribution in [1.82, 2.24) is 9.88 Å². The van der Waals surface area contributed by atoms with Crippen LogP contribution < -0.4 is 5.73 Å². The number of aromatic nitrogens is 1. The number of hydrogen-bond acceptors (Lipinski definition) is 3. The predicted octanol–water partition coefficient (Wildman–Crippen LogP) is 3.35. The molecule has 0 radical (unpaired) electrons. The topological polar surface area (TPSA) is 42.2 Å². The van der Waals surface area contributed by atoms with E-state index in [2.05, 4.69) is 22.9 Å². The minimum absolute atomic E-state index is 0.211. The van der Waals surface area contributed by atoms with Crippen LogP contribution in [0.5, 0.6) is 0 Å². The fraction of sp³-hybridized carbons (Fsp3) is 0.706. The number of nitrogens with zero attached hydrogens (tertiary/aromatic N) is 2. The van der Waals surface area contributed by atoms with E-state index in [9.17, 15) is 0 Å². The Bertz CT molecular complexity index is 369. The van der Waals surface area contributed by atoms with Crippen molar-refractivity contribution >= 4 is 0 Å². The van der Waals surface area contributed by atoms with Gasteiger partial charge in [0.15, 0.2) is 0 Å². The van der Waals surface area contributed by atoms with E-state index in [4.69, 9.17) is 5.73 Å². The van der Waals surface area contributed by atoms with E-state index in [0.717, 1.165) is 19.6 Å². The first kappa shape index (κ1) is 15.5. The van der Waals surface area contributed by atoms with Crippen LogP contribution in [0, 0.1) is 0 Å². The lowest BCUT2D eigenvalue weighted by molar-refractivity contribution is 0.0696. The maximum absolute atomic E-state index is 6.24. The largest absolute Gasteiger partial charge is 0.329 e. The van der Waals surface area contributed by atoms with E-state index in [1.807, 2.05) is 18.5 Å². The molecule has 1 aliphatic rings. The molecule has 0 aliphatic heterocycles. The fourth-order valence-electron chi connectivity index (χ4n) is 3.50. The Morgan fingerprint density at radius 3 is 2.55 bits per heavy atom. The van der Waals surface area contributed by atoms with Crippen molar-refractivity contribution in [3.8, 4) is 0 Å². The lowest BCUT2D eigenvalue weighted by Gasteiger charge is -2.43. The van der Waals surface area contributed by atoms with Crippen molar-refractivity contribution in [3.63, 3.8) is 0 Å². The van der Waals surface area contributed by atoms with Crippen molar-refractivity contribution in [2.24, 2.45) is 5.73 Å². The van der Waals surface area contributed by atoms with Gasteiger partial charge in [-0.15, -0.1) is 0 Å². The van der Waals surface area contributed by atoms with Crippen molar-refractivity contribution < 1.29 is 0 Å². The second-order valence-corrected chi connectivity index (χ2v) is 6.13. The molecule has 0 saturated heterocycles. The number of pyridine rings is 1. The zero-order chi connectivity index (χ0) is 14.3. The molecule has 0 unspecified atom stereocenters. The van der Waals surface area contributed by atoms with Crippen LogP contribution in [0.4, 0.5) is 0 Å². The summed E-state index contributed by atoms with van der Waals surface area (Å²) in [6.07, 6.45) is 12.9. The number of hydrogen-bond donors (Lipinski definition) is 1. The molecule has 0 bridgehead atoms. The summed E-state index contributed by atoms with van der Waals surface area (Å²) in [6.45, 7) is 5.16. The van der Waals surface area contributed by atoms with E-state index in [-0.39, 0.29) is 5.54 Å². The Hall–Kier alpha value is -0.930. The van der Waals surface area contributed by atoms with E-state index in [1.54, 1.807) is 0 Å². The van der Waals surface area contributed by atoms with Crippen LogP contribution in [0.25, 0.3) is 0 Å². The lowest BCUT2D eigenvalue weighted by Crippen LogP contribution is -2.53. The maximum atomic E-state index is 6.24. The Balaban J connectivity index is 2.15. The molecule has 3 nitrogen and oxygen atoms in total. The summed E-state index contributed by atoms with van der Waals surface area (Å²) in [7, 11) is 0. The van der Waals surface area contributed by atoms with E-state index < -0.39 is 0 Å². The molecule has 2 N–H and O–H groups in total. The molecule has 1 aromatic rings. The van der Waals surface area contributed by atoms with Gasteiger partial charge in [-0.05, 0) is 37.4 Å². The molecular weight excluding hydrogens is 246 g/mol. The van der Waals surface area contributed by atoms with Gasteiger partial charge in [-0.2, -0.15) is 0 Å². The molecule has 20 heavy (non-hydrogen) atoms. The Kier molecular flexibility index (Phi) is 5.99. The van der Waals surface area contributed by atoms with Gasteiger partial charge in [0, 0.05) is 31.0 Å². The predicted molar refractivity (Wildman–Crippen MR) is 84.4 cm³/mol. The highest BCUT2D eigenvalue weighted by molar-refractivity contribution is 5.09. The molecule has 1 heterocycles. The first-order chi connectivity index (χ1) is 9.80. The molecule has 2 rings (SSSR count). The molecule has 3 heteroatoms. The molecule has 1 aromatic heterocycles. The van der Waals surface area contributed by atoms with Gasteiger partial charge >= 0.3 is 0 Å². The number of rotatable bonds is 6. The summed E-state index contributed by atoms with van der Waals surface area (Å²) in [5.41, 5.74) is 7.75. The normalized spacial score (nSPS) is 18.9. The highest BCUT2D eigenvalue weighted by atomic mass is 15.2. The lowest BCUT2D eigenvalue weighted by atomic mass is 9.87. The van der Waals surface area contributed by atoms with Crippen LogP contribution in [-0.2, 0) is 6.54 Å². The third kappa shape index (κ3) is 3.80. The monoisotopic (exact) mass is 275 g/mol. The maximum Gasteiger partial charge on any atom is 0.0335 e. The number of nitrogens with two attached hydrogens (primary N) is 1. The summed E-state index contributed by atoms with van der Waals surface area (Å²) in [4.78, 5) is 6.89. The third-order valence-electron chi connectivity index (χ3n) is 4.67. The highest BCUT2D eigenvalue weighted by Gasteiger charge is 2.35. The van der Waals surface area contributed by atoms with E-state index in [1.165, 1.54) is 50.5 Å². The van der Waals surface area contributed by atoms with Crippen molar-refractivity contribution in [2.75, 3.05) is 13.1 Å². The van der Waals surface area contributed by atoms with Crippen LogP contribution in [0.15, 0.2) is 24.5 Å². The Morgan fingerprint density at radius 2 is 2.00 bits per heavy atom. The van der Waals surface area contributed by atoms with Crippen molar-refractivity contribution in [1.29, 1.82) is 0 Å². The van der Waals surface area contributed by atoms with Gasteiger partial charge in [-0.1, -0.05) is 38.7 Å². The van der Waals surface area contributed by atoms with Gasteiger partial charge in [0.2, 0.25) is 0 Å². The molecule has 0 amide bonds. The highest BCUT2D eigenvalue weighted by Crippen LogP contribution is 2.33. The van der Waals surface area contributed by atoms with E-state index >= 15 is 0 Å². The molecular formula is C17H29N3. The van der Waals surface area contributed by atoms with Gasteiger partial charge in [0.1, 0.15) is 0 Å². The van der Waals surface area contributed by atoms with Gasteiger partial charge < -0.3 is 5.73 Å². The van der Waals surface area contributed by atoms with Crippen LogP contribution in [0.1, 0.15) is 57.4 Å². The SMILES string of the molecule is CCCN(Cc1cccnc1)C1(CN)CCCCCC1. The second-order valence-electron chi connectivity index (χ2n) is 6.13. The smallest absolute Gasteiger partial charge is 0.0335 e. The van der Waals surface area contributed by atoms with Crippen LogP contribution in [-0.4, -0.2) is 28.5 Å². The van der Waals surface area contributed by atoms with Crippen LogP contribution in [0.2, 0.25) is 0 Å². The standard InChI is InChI=1S/C17H29N3/c1-2-12-20(14-16-8-7-11-19-13-16)17(15-18)9-5-3-4-6-10-17/h7-8,11,13H,2-6,9-10,12,14-15,18H2,1H3. The Labute approximate surface area is 123 Å². The van der Waals surface area contributed by atoms with Gasteiger partial charge in [-0.3, -0.25) is 9.88 Å². The molecule has 1 fully saturated rings. The quantitative estimate of drug-likeness (QED) is 0.810. The first-order valence-electron chi connectivity index (χ1n) is 8.15. The third-order valence-corrected chi connectivity index (χ3v) is 4.67. The summed E-state index contributed by atoms with van der Waals surface area (Å²) >= 11 is 0.